The number of rotatable bonds is 5. The first-order chi connectivity index (χ1) is 9.20. The van der Waals surface area contributed by atoms with Gasteiger partial charge in [0.15, 0.2) is 0 Å². The Kier molecular flexibility index (Phi) is 4.39. The Bertz CT molecular complexity index is 554. The van der Waals surface area contributed by atoms with Crippen LogP contribution < -0.4 is 10.5 Å². The van der Waals surface area contributed by atoms with Crippen molar-refractivity contribution in [2.24, 2.45) is 0 Å². The fraction of sp³-hybridized carbons (Fsp3) is 0.250. The molecule has 0 aliphatic rings. The lowest BCUT2D eigenvalue weighted by Gasteiger charge is -2.08. The first kappa shape index (κ1) is 13.4. The molecule has 0 aliphatic carbocycles. The number of ether oxygens (including phenoxy) is 1. The molecule has 0 bridgehead atoms. The first-order valence-electron chi connectivity index (χ1n) is 6.49. The lowest BCUT2D eigenvalue weighted by Crippen LogP contribution is -1.96. The number of nitrogens with two attached hydrogens (primary N) is 1. The van der Waals surface area contributed by atoms with E-state index < -0.39 is 0 Å². The molecule has 2 aromatic rings. The molecule has 2 N–H and O–H groups in total. The van der Waals surface area contributed by atoms with Gasteiger partial charge in [0, 0.05) is 11.3 Å². The van der Waals surface area contributed by atoms with E-state index in [0.717, 1.165) is 24.2 Å². The van der Waals surface area contributed by atoms with E-state index in [1.807, 2.05) is 24.3 Å². The molecule has 2 rings (SSSR count). The Morgan fingerprint density at radius 1 is 1.16 bits per heavy atom. The molecule has 0 saturated heterocycles. The van der Waals surface area contributed by atoms with Gasteiger partial charge in [-0.2, -0.15) is 0 Å². The minimum atomic E-state index is -0.314. The average molecular weight is 259 g/mol. The van der Waals surface area contributed by atoms with Crippen LogP contribution in [0.2, 0.25) is 0 Å². The third-order valence-corrected chi connectivity index (χ3v) is 2.90. The second-order valence-electron chi connectivity index (χ2n) is 4.47. The van der Waals surface area contributed by atoms with E-state index in [4.69, 9.17) is 10.5 Å². The van der Waals surface area contributed by atoms with Gasteiger partial charge in [-0.05, 0) is 42.3 Å². The molecule has 0 unspecified atom stereocenters. The Labute approximate surface area is 113 Å². The number of anilines is 1. The maximum atomic E-state index is 13.9. The van der Waals surface area contributed by atoms with Gasteiger partial charge >= 0.3 is 0 Å². The van der Waals surface area contributed by atoms with Crippen molar-refractivity contribution in [1.82, 2.24) is 0 Å². The van der Waals surface area contributed by atoms with Gasteiger partial charge in [-0.15, -0.1) is 0 Å². The lowest BCUT2D eigenvalue weighted by atomic mass is 10.0. The third kappa shape index (κ3) is 3.47. The van der Waals surface area contributed by atoms with Gasteiger partial charge < -0.3 is 10.5 Å². The van der Waals surface area contributed by atoms with E-state index in [1.54, 1.807) is 12.1 Å². The van der Waals surface area contributed by atoms with E-state index in [-0.39, 0.29) is 5.82 Å². The van der Waals surface area contributed by atoms with Crippen LogP contribution >= 0.6 is 0 Å². The quantitative estimate of drug-likeness (QED) is 0.643. The van der Waals surface area contributed by atoms with Crippen LogP contribution in [0.15, 0.2) is 42.5 Å². The van der Waals surface area contributed by atoms with Gasteiger partial charge in [0.2, 0.25) is 0 Å². The molecule has 0 amide bonds. The van der Waals surface area contributed by atoms with Crippen LogP contribution in [-0.4, -0.2) is 6.61 Å². The Hall–Kier alpha value is -2.03. The van der Waals surface area contributed by atoms with Crippen molar-refractivity contribution in [1.29, 1.82) is 0 Å². The van der Waals surface area contributed by atoms with Crippen molar-refractivity contribution in [3.8, 4) is 16.9 Å². The first-order valence-corrected chi connectivity index (χ1v) is 6.49. The smallest absolute Gasteiger partial charge is 0.133 e. The number of nitrogen functional groups attached to an aromatic ring is 1. The largest absolute Gasteiger partial charge is 0.494 e. The molecule has 19 heavy (non-hydrogen) atoms. The average Bonchev–Trinajstić information content (AvgIpc) is 2.39. The molecular formula is C16H18FNO. The molecule has 3 heteroatoms. The molecule has 0 fully saturated rings. The molecule has 100 valence electrons. The second-order valence-corrected chi connectivity index (χ2v) is 4.47. The van der Waals surface area contributed by atoms with Gasteiger partial charge in [-0.1, -0.05) is 25.5 Å². The van der Waals surface area contributed by atoms with Crippen molar-refractivity contribution in [2.45, 2.75) is 19.8 Å². The van der Waals surface area contributed by atoms with E-state index in [2.05, 4.69) is 6.92 Å². The summed E-state index contributed by atoms with van der Waals surface area (Å²) < 4.78 is 19.5. The molecule has 2 aromatic carbocycles. The van der Waals surface area contributed by atoms with Crippen molar-refractivity contribution in [3.05, 3.63) is 48.3 Å². The van der Waals surface area contributed by atoms with Gasteiger partial charge in [0.1, 0.15) is 11.6 Å². The van der Waals surface area contributed by atoms with Crippen molar-refractivity contribution in [3.63, 3.8) is 0 Å². The molecule has 0 aliphatic heterocycles. The highest BCUT2D eigenvalue weighted by molar-refractivity contribution is 5.67. The molecular weight excluding hydrogens is 241 g/mol. The van der Waals surface area contributed by atoms with Crippen LogP contribution in [-0.2, 0) is 0 Å². The second kappa shape index (κ2) is 6.23. The van der Waals surface area contributed by atoms with E-state index in [1.165, 1.54) is 6.07 Å². The highest BCUT2D eigenvalue weighted by Crippen LogP contribution is 2.27. The number of unbranched alkanes of at least 4 members (excludes halogenated alkanes) is 1. The fourth-order valence-electron chi connectivity index (χ4n) is 1.85. The fourth-order valence-corrected chi connectivity index (χ4v) is 1.85. The Balaban J connectivity index is 2.22. The number of hydrogen-bond donors (Lipinski definition) is 1. The summed E-state index contributed by atoms with van der Waals surface area (Å²) in [7, 11) is 0. The van der Waals surface area contributed by atoms with Gasteiger partial charge in [0.05, 0.1) is 6.61 Å². The van der Waals surface area contributed by atoms with E-state index >= 15 is 0 Å². The SMILES string of the molecule is CCCCOc1cccc(-c2ccc(N)cc2F)c1. The van der Waals surface area contributed by atoms with Crippen molar-refractivity contribution in [2.75, 3.05) is 12.3 Å². The van der Waals surface area contributed by atoms with Gasteiger partial charge in [-0.3, -0.25) is 0 Å². The zero-order valence-corrected chi connectivity index (χ0v) is 11.0. The summed E-state index contributed by atoms with van der Waals surface area (Å²) in [5.74, 6) is 0.452. The Morgan fingerprint density at radius 3 is 2.74 bits per heavy atom. The summed E-state index contributed by atoms with van der Waals surface area (Å²) in [6.45, 7) is 2.80. The van der Waals surface area contributed by atoms with Crippen LogP contribution in [0, 0.1) is 5.82 Å². The highest BCUT2D eigenvalue weighted by atomic mass is 19.1. The van der Waals surface area contributed by atoms with Crippen LogP contribution in [0.3, 0.4) is 0 Å². The topological polar surface area (TPSA) is 35.2 Å². The molecule has 0 heterocycles. The van der Waals surface area contributed by atoms with Gasteiger partial charge in [0.25, 0.3) is 0 Å². The van der Waals surface area contributed by atoms with Gasteiger partial charge in [-0.25, -0.2) is 4.39 Å². The highest BCUT2D eigenvalue weighted by Gasteiger charge is 2.06. The minimum Gasteiger partial charge on any atom is -0.494 e. The lowest BCUT2D eigenvalue weighted by molar-refractivity contribution is 0.309. The van der Waals surface area contributed by atoms with Crippen LogP contribution in [0.25, 0.3) is 11.1 Å². The van der Waals surface area contributed by atoms with Crippen molar-refractivity contribution >= 4 is 5.69 Å². The van der Waals surface area contributed by atoms with E-state index in [9.17, 15) is 4.39 Å². The summed E-state index contributed by atoms with van der Waals surface area (Å²) in [5, 5.41) is 0. The maximum Gasteiger partial charge on any atom is 0.133 e. The zero-order chi connectivity index (χ0) is 13.7. The summed E-state index contributed by atoms with van der Waals surface area (Å²) in [6.07, 6.45) is 2.10. The third-order valence-electron chi connectivity index (χ3n) is 2.90. The standard InChI is InChI=1S/C16H18FNO/c1-2-3-9-19-14-6-4-5-12(10-14)15-8-7-13(18)11-16(15)17/h4-8,10-11H,2-3,9,18H2,1H3. The van der Waals surface area contributed by atoms with Crippen LogP contribution in [0.4, 0.5) is 10.1 Å². The molecule has 2 nitrogen and oxygen atoms in total. The predicted molar refractivity (Wildman–Crippen MR) is 76.7 cm³/mol. The van der Waals surface area contributed by atoms with Crippen molar-refractivity contribution < 1.29 is 9.13 Å². The van der Waals surface area contributed by atoms with Crippen LogP contribution in [0.5, 0.6) is 5.75 Å². The molecule has 0 radical (unpaired) electrons. The number of halogens is 1. The predicted octanol–water partition coefficient (Wildman–Crippen LogP) is 4.25. The molecule has 0 saturated carbocycles. The number of hydrogen-bond acceptors (Lipinski definition) is 2. The maximum absolute atomic E-state index is 13.9. The summed E-state index contributed by atoms with van der Waals surface area (Å²) in [6, 6.07) is 12.2. The Morgan fingerprint density at radius 2 is 2.00 bits per heavy atom. The van der Waals surface area contributed by atoms with E-state index in [0.29, 0.717) is 17.9 Å². The minimum absolute atomic E-state index is 0.314. The van der Waals surface area contributed by atoms with Crippen LogP contribution in [0.1, 0.15) is 19.8 Å². The molecule has 0 atom stereocenters. The monoisotopic (exact) mass is 259 g/mol. The normalized spacial score (nSPS) is 10.4. The summed E-state index contributed by atoms with van der Waals surface area (Å²) in [4.78, 5) is 0. The number of benzene rings is 2. The molecule has 0 aromatic heterocycles. The molecule has 0 spiro atoms. The summed E-state index contributed by atoms with van der Waals surface area (Å²) in [5.41, 5.74) is 7.31. The summed E-state index contributed by atoms with van der Waals surface area (Å²) >= 11 is 0. The zero-order valence-electron chi connectivity index (χ0n) is 11.0.